The zero-order valence-electron chi connectivity index (χ0n) is 14.7. The summed E-state index contributed by atoms with van der Waals surface area (Å²) in [6.45, 7) is 4.76. The van der Waals surface area contributed by atoms with Gasteiger partial charge in [0, 0.05) is 37.9 Å². The molecule has 4 rings (SSSR count). The lowest BCUT2D eigenvalue weighted by Crippen LogP contribution is -2.46. The molecule has 2 saturated heterocycles. The lowest BCUT2D eigenvalue weighted by atomic mass is 9.97. The highest BCUT2D eigenvalue weighted by Crippen LogP contribution is 2.29. The summed E-state index contributed by atoms with van der Waals surface area (Å²) in [6, 6.07) is 7.78. The fraction of sp³-hybridized carbons (Fsp3) is 0.421. The van der Waals surface area contributed by atoms with Crippen molar-refractivity contribution in [3.05, 3.63) is 35.5 Å². The number of nitrogens with one attached hydrogen (secondary N) is 2. The van der Waals surface area contributed by atoms with Crippen LogP contribution in [0.25, 0.3) is 10.4 Å². The average Bonchev–Trinajstić information content (AvgIpc) is 3.21. The van der Waals surface area contributed by atoms with E-state index < -0.39 is 0 Å². The third-order valence-corrected chi connectivity index (χ3v) is 6.01. The van der Waals surface area contributed by atoms with Crippen LogP contribution in [0, 0.1) is 5.92 Å². The van der Waals surface area contributed by atoms with Gasteiger partial charge in [-0.05, 0) is 43.0 Å². The Labute approximate surface area is 156 Å². The third-order valence-electron chi connectivity index (χ3n) is 4.97. The Morgan fingerprint density at radius 1 is 1.31 bits per heavy atom. The molecule has 26 heavy (non-hydrogen) atoms. The summed E-state index contributed by atoms with van der Waals surface area (Å²) in [6.07, 6.45) is 4.04. The Morgan fingerprint density at radius 2 is 2.19 bits per heavy atom. The van der Waals surface area contributed by atoms with Crippen molar-refractivity contribution in [3.63, 3.8) is 0 Å². The first kappa shape index (κ1) is 17.2. The molecule has 2 amide bonds. The van der Waals surface area contributed by atoms with E-state index in [0.29, 0.717) is 5.01 Å². The van der Waals surface area contributed by atoms with Crippen molar-refractivity contribution < 1.29 is 9.59 Å². The minimum Gasteiger partial charge on any atom is -0.346 e. The molecule has 7 heteroatoms. The minimum atomic E-state index is -0.108. The highest BCUT2D eigenvalue weighted by atomic mass is 32.1. The Morgan fingerprint density at radius 3 is 3.00 bits per heavy atom. The van der Waals surface area contributed by atoms with E-state index in [0.717, 1.165) is 41.6 Å². The second-order valence-electron chi connectivity index (χ2n) is 7.11. The molecule has 2 N–H and O–H groups in total. The van der Waals surface area contributed by atoms with Crippen molar-refractivity contribution in [2.24, 2.45) is 5.92 Å². The predicted octanol–water partition coefficient (Wildman–Crippen LogP) is 2.59. The van der Waals surface area contributed by atoms with Crippen LogP contribution in [-0.4, -0.2) is 47.4 Å². The number of aromatic nitrogens is 1. The summed E-state index contributed by atoms with van der Waals surface area (Å²) in [7, 11) is 0. The normalized spacial score (nSPS) is 24.3. The Kier molecular flexibility index (Phi) is 4.74. The van der Waals surface area contributed by atoms with E-state index in [-0.39, 0.29) is 17.9 Å². The van der Waals surface area contributed by atoms with Crippen molar-refractivity contribution in [2.45, 2.75) is 25.8 Å². The molecule has 6 nitrogen and oxygen atoms in total. The van der Waals surface area contributed by atoms with Gasteiger partial charge in [0.25, 0.3) is 5.91 Å². The number of anilines is 1. The molecule has 1 aromatic carbocycles. The summed E-state index contributed by atoms with van der Waals surface area (Å²) in [4.78, 5) is 31.4. The molecular formula is C19H22N4O2S. The number of carbonyl (C=O) groups is 2. The van der Waals surface area contributed by atoms with Crippen molar-refractivity contribution in [3.8, 4) is 10.4 Å². The van der Waals surface area contributed by atoms with E-state index in [1.54, 1.807) is 6.20 Å². The molecule has 0 spiro atoms. The van der Waals surface area contributed by atoms with Gasteiger partial charge in [-0.25, -0.2) is 4.98 Å². The van der Waals surface area contributed by atoms with Crippen molar-refractivity contribution in [2.75, 3.05) is 25.0 Å². The predicted molar refractivity (Wildman–Crippen MR) is 102 cm³/mol. The third kappa shape index (κ3) is 3.78. The van der Waals surface area contributed by atoms with Crippen LogP contribution < -0.4 is 10.6 Å². The van der Waals surface area contributed by atoms with Gasteiger partial charge in [-0.15, -0.1) is 11.3 Å². The monoisotopic (exact) mass is 370 g/mol. The number of thiazole rings is 1. The Balaban J connectivity index is 1.44. The van der Waals surface area contributed by atoms with Crippen LogP contribution in [0.1, 0.15) is 29.6 Å². The number of hydrogen-bond acceptors (Lipinski definition) is 5. The fourth-order valence-corrected chi connectivity index (χ4v) is 4.69. The number of amides is 2. The lowest BCUT2D eigenvalue weighted by molar-refractivity contribution is -0.114. The summed E-state index contributed by atoms with van der Waals surface area (Å²) in [5, 5.41) is 6.41. The lowest BCUT2D eigenvalue weighted by Gasteiger charge is -2.30. The first-order valence-corrected chi connectivity index (χ1v) is 9.75. The van der Waals surface area contributed by atoms with Gasteiger partial charge in [-0.3, -0.25) is 9.59 Å². The molecule has 2 aliphatic heterocycles. The quantitative estimate of drug-likeness (QED) is 0.868. The molecule has 3 heterocycles. The Hall–Kier alpha value is -2.25. The van der Waals surface area contributed by atoms with Crippen LogP contribution in [-0.2, 0) is 4.79 Å². The van der Waals surface area contributed by atoms with Gasteiger partial charge in [-0.2, -0.15) is 0 Å². The molecule has 0 aliphatic carbocycles. The standard InChI is InChI=1S/C19H22N4O2S/c1-12(24)21-15-4-2-3-14(8-15)17-9-20-19(26-17)18(25)22-16-7-13-5-6-23(10-13)11-16/h2-4,8-9,13,16H,5-7,10-11H2,1H3,(H,21,24)(H,22,25)/t13-,16-/m1/s1. The zero-order valence-corrected chi connectivity index (χ0v) is 15.5. The topological polar surface area (TPSA) is 74.3 Å². The zero-order chi connectivity index (χ0) is 18.1. The summed E-state index contributed by atoms with van der Waals surface area (Å²) >= 11 is 1.38. The number of hydrogen-bond donors (Lipinski definition) is 2. The molecule has 2 bridgehead atoms. The molecular weight excluding hydrogens is 348 g/mol. The average molecular weight is 370 g/mol. The molecule has 1 aromatic heterocycles. The van der Waals surface area contributed by atoms with Gasteiger partial charge in [0.05, 0.1) is 4.88 Å². The molecule has 0 saturated carbocycles. The Bertz CT molecular complexity index is 822. The van der Waals surface area contributed by atoms with Gasteiger partial charge < -0.3 is 15.5 Å². The fourth-order valence-electron chi connectivity index (χ4n) is 3.88. The largest absolute Gasteiger partial charge is 0.346 e. The number of piperidine rings is 1. The number of nitrogens with zero attached hydrogens (tertiary/aromatic N) is 2. The maximum Gasteiger partial charge on any atom is 0.280 e. The molecule has 1 unspecified atom stereocenters. The summed E-state index contributed by atoms with van der Waals surface area (Å²) < 4.78 is 0. The van der Waals surface area contributed by atoms with Crippen molar-refractivity contribution in [1.29, 1.82) is 0 Å². The summed E-state index contributed by atoms with van der Waals surface area (Å²) in [5.74, 6) is 0.521. The van der Waals surface area contributed by atoms with Crippen molar-refractivity contribution >= 4 is 28.8 Å². The molecule has 0 radical (unpaired) electrons. The SMILES string of the molecule is CC(=O)Nc1cccc(-c2cnc(C(=O)N[C@@H]3C[C@H]4CCN(C4)C3)s2)c1. The first-order chi connectivity index (χ1) is 12.6. The second-order valence-corrected chi connectivity index (χ2v) is 8.14. The van der Waals surface area contributed by atoms with Crippen LogP contribution >= 0.6 is 11.3 Å². The molecule has 136 valence electrons. The number of rotatable bonds is 4. The molecule has 3 atom stereocenters. The van der Waals surface area contributed by atoms with E-state index in [9.17, 15) is 9.59 Å². The highest BCUT2D eigenvalue weighted by Gasteiger charge is 2.33. The summed E-state index contributed by atoms with van der Waals surface area (Å²) in [5.41, 5.74) is 1.68. The smallest absolute Gasteiger partial charge is 0.280 e. The first-order valence-electron chi connectivity index (χ1n) is 8.94. The van der Waals surface area contributed by atoms with Crippen LogP contribution in [0.2, 0.25) is 0 Å². The maximum absolute atomic E-state index is 12.6. The van der Waals surface area contributed by atoms with E-state index in [4.69, 9.17) is 0 Å². The number of benzene rings is 1. The van der Waals surface area contributed by atoms with Crippen LogP contribution in [0.15, 0.2) is 30.5 Å². The van der Waals surface area contributed by atoms with E-state index in [1.165, 1.54) is 31.2 Å². The van der Waals surface area contributed by atoms with E-state index in [2.05, 4.69) is 20.5 Å². The number of carbonyl (C=O) groups excluding carboxylic acids is 2. The van der Waals surface area contributed by atoms with Gasteiger partial charge in [0.15, 0.2) is 5.01 Å². The van der Waals surface area contributed by atoms with Gasteiger partial charge >= 0.3 is 0 Å². The van der Waals surface area contributed by atoms with Gasteiger partial charge in [0.2, 0.25) is 5.91 Å². The van der Waals surface area contributed by atoms with Crippen molar-refractivity contribution in [1.82, 2.24) is 15.2 Å². The molecule has 2 aliphatic rings. The number of fused-ring (bicyclic) bond motifs is 2. The molecule has 2 fully saturated rings. The van der Waals surface area contributed by atoms with Gasteiger partial charge in [0.1, 0.15) is 0 Å². The highest BCUT2D eigenvalue weighted by molar-refractivity contribution is 7.17. The maximum atomic E-state index is 12.6. The van der Waals surface area contributed by atoms with Crippen LogP contribution in [0.3, 0.4) is 0 Å². The van der Waals surface area contributed by atoms with Crippen LogP contribution in [0.4, 0.5) is 5.69 Å². The minimum absolute atomic E-state index is 0.0910. The van der Waals surface area contributed by atoms with E-state index >= 15 is 0 Å². The second kappa shape index (κ2) is 7.17. The van der Waals surface area contributed by atoms with E-state index in [1.807, 2.05) is 24.3 Å². The van der Waals surface area contributed by atoms with Gasteiger partial charge in [-0.1, -0.05) is 12.1 Å². The van der Waals surface area contributed by atoms with Crippen LogP contribution in [0.5, 0.6) is 0 Å². The molecule has 2 aromatic rings.